The number of amides is 1. The summed E-state index contributed by atoms with van der Waals surface area (Å²) in [6.45, 7) is -0.161. The van der Waals surface area contributed by atoms with Crippen molar-refractivity contribution in [3.05, 3.63) is 48.0 Å². The molecule has 0 unspecified atom stereocenters. The van der Waals surface area contributed by atoms with E-state index in [2.05, 4.69) is 18.8 Å². The first-order chi connectivity index (χ1) is 11.7. The van der Waals surface area contributed by atoms with Crippen LogP contribution in [0.1, 0.15) is 10.4 Å². The van der Waals surface area contributed by atoms with Gasteiger partial charge in [0, 0.05) is 0 Å². The van der Waals surface area contributed by atoms with E-state index in [-0.39, 0.29) is 12.5 Å². The number of carbonyl (C=O) groups excluding carboxylic acids is 2. The average molecular weight is 343 g/mol. The number of fused-ring (bicyclic) bond motifs is 1. The highest BCUT2D eigenvalue weighted by Gasteiger charge is 2.10. The standard InChI is InChI=1S/C16H13N3O4S/c1-22-16(21)10-5-7-11(8-6-10)23-9-14(20)17-12-3-2-4-13-15(12)19-24-18-13/h2-8H,9H2,1H3,(H,17,20). The number of anilines is 1. The Bertz CT molecular complexity index is 876. The zero-order valence-electron chi connectivity index (χ0n) is 12.7. The number of methoxy groups -OCH3 is 1. The number of carbonyl (C=O) groups is 2. The maximum atomic E-state index is 12.0. The van der Waals surface area contributed by atoms with E-state index < -0.39 is 5.97 Å². The van der Waals surface area contributed by atoms with E-state index in [0.29, 0.717) is 22.5 Å². The predicted octanol–water partition coefficient (Wildman–Crippen LogP) is 2.50. The second-order valence-corrected chi connectivity index (χ2v) is 5.32. The molecule has 2 aromatic carbocycles. The summed E-state index contributed by atoms with van der Waals surface area (Å²) < 4.78 is 18.3. The van der Waals surface area contributed by atoms with Crippen LogP contribution in [0.15, 0.2) is 42.5 Å². The van der Waals surface area contributed by atoms with Gasteiger partial charge in [-0.05, 0) is 36.4 Å². The van der Waals surface area contributed by atoms with Crippen LogP contribution in [0.25, 0.3) is 11.0 Å². The molecule has 0 fully saturated rings. The van der Waals surface area contributed by atoms with Crippen molar-refractivity contribution in [3.63, 3.8) is 0 Å². The maximum absolute atomic E-state index is 12.0. The fraction of sp³-hybridized carbons (Fsp3) is 0.125. The molecule has 1 amide bonds. The summed E-state index contributed by atoms with van der Waals surface area (Å²) in [6.07, 6.45) is 0. The molecule has 122 valence electrons. The van der Waals surface area contributed by atoms with Gasteiger partial charge in [-0.1, -0.05) is 6.07 Å². The van der Waals surface area contributed by atoms with Crippen LogP contribution in [0.3, 0.4) is 0 Å². The van der Waals surface area contributed by atoms with Crippen LogP contribution in [0.4, 0.5) is 5.69 Å². The van der Waals surface area contributed by atoms with Gasteiger partial charge in [0.1, 0.15) is 16.8 Å². The molecular weight excluding hydrogens is 330 g/mol. The smallest absolute Gasteiger partial charge is 0.337 e. The maximum Gasteiger partial charge on any atom is 0.337 e. The molecule has 24 heavy (non-hydrogen) atoms. The third-order valence-corrected chi connectivity index (χ3v) is 3.75. The van der Waals surface area contributed by atoms with Crippen molar-refractivity contribution in [1.82, 2.24) is 8.75 Å². The third-order valence-electron chi connectivity index (χ3n) is 3.21. The second kappa shape index (κ2) is 7.05. The number of nitrogens with one attached hydrogen (secondary N) is 1. The number of ether oxygens (including phenoxy) is 2. The number of hydrogen-bond acceptors (Lipinski definition) is 7. The Kier molecular flexibility index (Phi) is 4.66. The molecule has 0 aliphatic heterocycles. The molecule has 1 aromatic heterocycles. The molecule has 0 saturated carbocycles. The number of aromatic nitrogens is 2. The van der Waals surface area contributed by atoms with Crippen molar-refractivity contribution in [3.8, 4) is 5.75 Å². The highest BCUT2D eigenvalue weighted by atomic mass is 32.1. The molecule has 0 radical (unpaired) electrons. The van der Waals surface area contributed by atoms with E-state index in [4.69, 9.17) is 4.74 Å². The lowest BCUT2D eigenvalue weighted by atomic mass is 10.2. The van der Waals surface area contributed by atoms with Gasteiger partial charge in [0.05, 0.1) is 30.1 Å². The van der Waals surface area contributed by atoms with Gasteiger partial charge in [-0.2, -0.15) is 8.75 Å². The molecule has 8 heteroatoms. The Morgan fingerprint density at radius 3 is 2.67 bits per heavy atom. The quantitative estimate of drug-likeness (QED) is 0.716. The first-order valence-electron chi connectivity index (χ1n) is 6.99. The summed E-state index contributed by atoms with van der Waals surface area (Å²) in [6, 6.07) is 11.7. The first-order valence-corrected chi connectivity index (χ1v) is 7.73. The normalized spacial score (nSPS) is 10.4. The number of esters is 1. The lowest BCUT2D eigenvalue weighted by Gasteiger charge is -2.08. The van der Waals surface area contributed by atoms with E-state index in [1.165, 1.54) is 7.11 Å². The van der Waals surface area contributed by atoms with Crippen LogP contribution in [0, 0.1) is 0 Å². The summed E-state index contributed by atoms with van der Waals surface area (Å²) in [5.74, 6) is -0.261. The molecule has 0 spiro atoms. The Morgan fingerprint density at radius 2 is 1.92 bits per heavy atom. The number of benzene rings is 2. The van der Waals surface area contributed by atoms with Gasteiger partial charge in [0.2, 0.25) is 0 Å². The Labute approximate surface area is 141 Å². The minimum atomic E-state index is -0.427. The average Bonchev–Trinajstić information content (AvgIpc) is 3.09. The molecule has 0 aliphatic carbocycles. The summed E-state index contributed by atoms with van der Waals surface area (Å²) in [4.78, 5) is 23.4. The van der Waals surface area contributed by atoms with Crippen LogP contribution in [0.2, 0.25) is 0 Å². The molecule has 0 bridgehead atoms. The summed E-state index contributed by atoms with van der Waals surface area (Å²) >= 11 is 1.09. The van der Waals surface area contributed by atoms with E-state index >= 15 is 0 Å². The fourth-order valence-corrected chi connectivity index (χ4v) is 2.60. The highest BCUT2D eigenvalue weighted by Crippen LogP contribution is 2.21. The second-order valence-electron chi connectivity index (χ2n) is 4.79. The Balaban J connectivity index is 1.59. The monoisotopic (exact) mass is 343 g/mol. The molecule has 3 aromatic rings. The predicted molar refractivity (Wildman–Crippen MR) is 89.3 cm³/mol. The van der Waals surface area contributed by atoms with E-state index in [1.54, 1.807) is 36.4 Å². The molecule has 0 aliphatic rings. The summed E-state index contributed by atoms with van der Waals surface area (Å²) in [7, 11) is 1.31. The fourth-order valence-electron chi connectivity index (χ4n) is 2.05. The van der Waals surface area contributed by atoms with Gasteiger partial charge < -0.3 is 14.8 Å². The lowest BCUT2D eigenvalue weighted by molar-refractivity contribution is -0.118. The zero-order chi connectivity index (χ0) is 16.9. The van der Waals surface area contributed by atoms with Crippen molar-refractivity contribution in [2.75, 3.05) is 19.0 Å². The summed E-state index contributed by atoms with van der Waals surface area (Å²) in [5.41, 5.74) is 2.39. The molecule has 1 heterocycles. The molecule has 1 N–H and O–H groups in total. The Morgan fingerprint density at radius 1 is 1.12 bits per heavy atom. The van der Waals surface area contributed by atoms with Crippen LogP contribution >= 0.6 is 11.7 Å². The topological polar surface area (TPSA) is 90.4 Å². The minimum absolute atomic E-state index is 0.161. The molecule has 3 rings (SSSR count). The van der Waals surface area contributed by atoms with Gasteiger partial charge in [-0.15, -0.1) is 0 Å². The summed E-state index contributed by atoms with van der Waals surface area (Å²) in [5, 5.41) is 2.75. The molecule has 0 atom stereocenters. The number of hydrogen-bond donors (Lipinski definition) is 1. The number of nitrogens with zero attached hydrogens (tertiary/aromatic N) is 2. The van der Waals surface area contributed by atoms with Gasteiger partial charge >= 0.3 is 5.97 Å². The van der Waals surface area contributed by atoms with Crippen LogP contribution in [-0.2, 0) is 9.53 Å². The third kappa shape index (κ3) is 3.49. The van der Waals surface area contributed by atoms with Gasteiger partial charge in [-0.25, -0.2) is 4.79 Å². The van der Waals surface area contributed by atoms with Gasteiger partial charge in [0.15, 0.2) is 6.61 Å². The van der Waals surface area contributed by atoms with Crippen molar-refractivity contribution in [2.24, 2.45) is 0 Å². The largest absolute Gasteiger partial charge is 0.484 e. The minimum Gasteiger partial charge on any atom is -0.484 e. The van der Waals surface area contributed by atoms with Crippen molar-refractivity contribution in [1.29, 1.82) is 0 Å². The van der Waals surface area contributed by atoms with Crippen LogP contribution in [-0.4, -0.2) is 34.3 Å². The van der Waals surface area contributed by atoms with E-state index in [9.17, 15) is 9.59 Å². The van der Waals surface area contributed by atoms with Crippen LogP contribution in [0.5, 0.6) is 5.75 Å². The van der Waals surface area contributed by atoms with Gasteiger partial charge in [0.25, 0.3) is 5.91 Å². The van der Waals surface area contributed by atoms with E-state index in [0.717, 1.165) is 17.2 Å². The number of rotatable bonds is 5. The van der Waals surface area contributed by atoms with Crippen molar-refractivity contribution >= 4 is 40.3 Å². The molecule has 0 saturated heterocycles. The molecular formula is C16H13N3O4S. The first kappa shape index (κ1) is 15.9. The highest BCUT2D eigenvalue weighted by molar-refractivity contribution is 7.00. The molecule has 7 nitrogen and oxygen atoms in total. The Hall–Kier alpha value is -3.00. The van der Waals surface area contributed by atoms with Gasteiger partial charge in [-0.3, -0.25) is 4.79 Å². The SMILES string of the molecule is COC(=O)c1ccc(OCC(=O)Nc2cccc3nsnc23)cc1. The van der Waals surface area contributed by atoms with Crippen molar-refractivity contribution < 1.29 is 19.1 Å². The lowest BCUT2D eigenvalue weighted by Crippen LogP contribution is -2.20. The van der Waals surface area contributed by atoms with Crippen molar-refractivity contribution in [2.45, 2.75) is 0 Å². The zero-order valence-corrected chi connectivity index (χ0v) is 13.5. The van der Waals surface area contributed by atoms with E-state index in [1.807, 2.05) is 6.07 Å². The van der Waals surface area contributed by atoms with Crippen LogP contribution < -0.4 is 10.1 Å².